The lowest BCUT2D eigenvalue weighted by Gasteiger charge is -2.23. The first-order valence-electron chi connectivity index (χ1n) is 9.40. The SMILES string of the molecule is Cc1ccc(Cl)cc1NS(=O)(=O)c1c(C(C)C)cc(C(C)C)cc1C(C)C. The second-order valence-corrected chi connectivity index (χ2v) is 10.1. The van der Waals surface area contributed by atoms with Crippen molar-refractivity contribution in [1.82, 2.24) is 0 Å². The zero-order valence-corrected chi connectivity index (χ0v) is 18.8. The van der Waals surface area contributed by atoms with E-state index in [1.165, 1.54) is 5.56 Å². The summed E-state index contributed by atoms with van der Waals surface area (Å²) in [5, 5.41) is 0.502. The maximum absolute atomic E-state index is 13.4. The Labute approximate surface area is 169 Å². The Balaban J connectivity index is 2.72. The Morgan fingerprint density at radius 1 is 0.852 bits per heavy atom. The van der Waals surface area contributed by atoms with E-state index in [0.29, 0.717) is 21.5 Å². The minimum atomic E-state index is -3.76. The lowest BCUT2D eigenvalue weighted by molar-refractivity contribution is 0.595. The summed E-state index contributed by atoms with van der Waals surface area (Å²) < 4.78 is 29.7. The average Bonchev–Trinajstić information content (AvgIpc) is 2.56. The summed E-state index contributed by atoms with van der Waals surface area (Å²) >= 11 is 6.08. The first kappa shape index (κ1) is 21.8. The standard InChI is InChI=1S/C22H30ClNO2S/c1-13(2)17-10-19(14(3)4)22(20(11-17)15(5)6)27(25,26)24-21-12-18(23)9-8-16(21)7/h8-15,24H,1-7H3. The van der Waals surface area contributed by atoms with Gasteiger partial charge in [-0.05, 0) is 59.1 Å². The number of hydrogen-bond acceptors (Lipinski definition) is 2. The van der Waals surface area contributed by atoms with Crippen LogP contribution in [-0.2, 0) is 10.0 Å². The Morgan fingerprint density at radius 2 is 1.37 bits per heavy atom. The van der Waals surface area contributed by atoms with Crippen LogP contribution in [0.15, 0.2) is 35.2 Å². The van der Waals surface area contributed by atoms with Gasteiger partial charge in [-0.1, -0.05) is 71.3 Å². The number of rotatable bonds is 6. The summed E-state index contributed by atoms with van der Waals surface area (Å²) in [6.45, 7) is 14.3. The first-order chi connectivity index (χ1) is 12.4. The van der Waals surface area contributed by atoms with Crippen LogP contribution in [0, 0.1) is 6.92 Å². The molecule has 0 aliphatic heterocycles. The molecule has 0 heterocycles. The highest BCUT2D eigenvalue weighted by Gasteiger charge is 2.27. The van der Waals surface area contributed by atoms with Gasteiger partial charge in [-0.15, -0.1) is 0 Å². The van der Waals surface area contributed by atoms with Crippen molar-refractivity contribution in [3.63, 3.8) is 0 Å². The van der Waals surface area contributed by atoms with Crippen molar-refractivity contribution < 1.29 is 8.42 Å². The Kier molecular flexibility index (Phi) is 6.64. The fourth-order valence-corrected chi connectivity index (χ4v) is 5.09. The van der Waals surface area contributed by atoms with Gasteiger partial charge in [-0.2, -0.15) is 0 Å². The van der Waals surface area contributed by atoms with E-state index in [1.807, 2.05) is 52.8 Å². The molecule has 0 aromatic heterocycles. The lowest BCUT2D eigenvalue weighted by atomic mass is 9.89. The van der Waals surface area contributed by atoms with Gasteiger partial charge in [-0.25, -0.2) is 8.42 Å². The molecule has 27 heavy (non-hydrogen) atoms. The Hall–Kier alpha value is -1.52. The average molecular weight is 408 g/mol. The number of benzene rings is 2. The minimum absolute atomic E-state index is 0.0910. The maximum atomic E-state index is 13.4. The Morgan fingerprint density at radius 3 is 1.81 bits per heavy atom. The van der Waals surface area contributed by atoms with Gasteiger partial charge in [-0.3, -0.25) is 4.72 Å². The fraction of sp³-hybridized carbons (Fsp3) is 0.455. The van der Waals surface area contributed by atoms with E-state index in [-0.39, 0.29) is 11.8 Å². The summed E-state index contributed by atoms with van der Waals surface area (Å²) in [5.41, 5.74) is 4.23. The van der Waals surface area contributed by atoms with Crippen LogP contribution < -0.4 is 4.72 Å². The minimum Gasteiger partial charge on any atom is -0.279 e. The highest BCUT2D eigenvalue weighted by atomic mass is 35.5. The van der Waals surface area contributed by atoms with Crippen LogP contribution in [0.4, 0.5) is 5.69 Å². The summed E-state index contributed by atoms with van der Waals surface area (Å²) in [5.74, 6) is 0.515. The third-order valence-corrected chi connectivity index (χ3v) is 6.52. The zero-order chi connectivity index (χ0) is 20.5. The lowest BCUT2D eigenvalue weighted by Crippen LogP contribution is -2.19. The molecule has 0 amide bonds. The van der Waals surface area contributed by atoms with Gasteiger partial charge in [0.1, 0.15) is 0 Å². The second kappa shape index (κ2) is 8.24. The summed E-state index contributed by atoms with van der Waals surface area (Å²) in [6, 6.07) is 9.31. The van der Waals surface area contributed by atoms with Crippen molar-refractivity contribution in [2.75, 3.05) is 4.72 Å². The molecule has 0 bridgehead atoms. The summed E-state index contributed by atoms with van der Waals surface area (Å²) in [6.07, 6.45) is 0. The third-order valence-electron chi connectivity index (χ3n) is 4.79. The van der Waals surface area contributed by atoms with E-state index in [9.17, 15) is 8.42 Å². The Bertz CT molecular complexity index is 902. The molecule has 3 nitrogen and oxygen atoms in total. The number of halogens is 1. The molecule has 0 radical (unpaired) electrons. The molecule has 0 saturated heterocycles. The van der Waals surface area contributed by atoms with Crippen LogP contribution in [-0.4, -0.2) is 8.42 Å². The third kappa shape index (κ3) is 4.85. The molecular weight excluding hydrogens is 378 g/mol. The molecule has 5 heteroatoms. The molecule has 0 atom stereocenters. The molecule has 0 saturated carbocycles. The molecule has 2 rings (SSSR count). The van der Waals surface area contributed by atoms with E-state index >= 15 is 0 Å². The van der Waals surface area contributed by atoms with Gasteiger partial charge in [0.15, 0.2) is 0 Å². The molecule has 1 N–H and O–H groups in total. The van der Waals surface area contributed by atoms with Gasteiger partial charge in [0.05, 0.1) is 10.6 Å². The highest BCUT2D eigenvalue weighted by Crippen LogP contribution is 2.36. The van der Waals surface area contributed by atoms with Gasteiger partial charge >= 0.3 is 0 Å². The number of nitrogens with one attached hydrogen (secondary N) is 1. The highest BCUT2D eigenvalue weighted by molar-refractivity contribution is 7.92. The monoisotopic (exact) mass is 407 g/mol. The maximum Gasteiger partial charge on any atom is 0.262 e. The summed E-state index contributed by atoms with van der Waals surface area (Å²) in [7, 11) is -3.76. The van der Waals surface area contributed by atoms with Gasteiger partial charge < -0.3 is 0 Å². The fourth-order valence-electron chi connectivity index (χ4n) is 3.10. The van der Waals surface area contributed by atoms with Gasteiger partial charge in [0.25, 0.3) is 10.0 Å². The number of anilines is 1. The van der Waals surface area contributed by atoms with Crippen molar-refractivity contribution in [3.05, 3.63) is 57.6 Å². The normalized spacial score (nSPS) is 12.3. The number of hydrogen-bond donors (Lipinski definition) is 1. The molecule has 148 valence electrons. The molecule has 0 spiro atoms. The van der Waals surface area contributed by atoms with Crippen LogP contribution in [0.3, 0.4) is 0 Å². The molecule has 0 unspecified atom stereocenters. The van der Waals surface area contributed by atoms with E-state index in [2.05, 4.69) is 18.6 Å². The zero-order valence-electron chi connectivity index (χ0n) is 17.2. The smallest absolute Gasteiger partial charge is 0.262 e. The topological polar surface area (TPSA) is 46.2 Å². The molecule has 0 aliphatic carbocycles. The molecule has 2 aromatic rings. The molecule has 2 aromatic carbocycles. The van der Waals surface area contributed by atoms with E-state index < -0.39 is 10.0 Å². The largest absolute Gasteiger partial charge is 0.279 e. The van der Waals surface area contributed by atoms with E-state index in [0.717, 1.165) is 16.7 Å². The van der Waals surface area contributed by atoms with Crippen molar-refractivity contribution in [3.8, 4) is 0 Å². The molecule has 0 fully saturated rings. The van der Waals surface area contributed by atoms with Crippen LogP contribution in [0.25, 0.3) is 0 Å². The quantitative estimate of drug-likeness (QED) is 0.570. The van der Waals surface area contributed by atoms with Crippen molar-refractivity contribution in [2.24, 2.45) is 0 Å². The number of sulfonamides is 1. The van der Waals surface area contributed by atoms with Crippen molar-refractivity contribution in [1.29, 1.82) is 0 Å². The second-order valence-electron chi connectivity index (χ2n) is 8.06. The summed E-state index contributed by atoms with van der Waals surface area (Å²) in [4.78, 5) is 0.399. The van der Waals surface area contributed by atoms with Crippen LogP contribution in [0.1, 0.15) is 81.5 Å². The predicted molar refractivity (Wildman–Crippen MR) is 116 cm³/mol. The van der Waals surface area contributed by atoms with Crippen LogP contribution in [0.5, 0.6) is 0 Å². The van der Waals surface area contributed by atoms with Crippen LogP contribution in [0.2, 0.25) is 5.02 Å². The van der Waals surface area contributed by atoms with Crippen LogP contribution >= 0.6 is 11.6 Å². The van der Waals surface area contributed by atoms with Gasteiger partial charge in [0.2, 0.25) is 0 Å². The van der Waals surface area contributed by atoms with Crippen molar-refractivity contribution in [2.45, 2.75) is 71.1 Å². The van der Waals surface area contributed by atoms with E-state index in [1.54, 1.807) is 12.1 Å². The van der Waals surface area contributed by atoms with Crippen molar-refractivity contribution >= 4 is 27.3 Å². The van der Waals surface area contributed by atoms with Gasteiger partial charge in [0, 0.05) is 5.02 Å². The number of aryl methyl sites for hydroxylation is 1. The van der Waals surface area contributed by atoms with E-state index in [4.69, 9.17) is 11.6 Å². The first-order valence-corrected chi connectivity index (χ1v) is 11.3. The molecule has 0 aliphatic rings. The molecular formula is C22H30ClNO2S. The predicted octanol–water partition coefficient (Wildman–Crippen LogP) is 6.82.